The minimum atomic E-state index is -0.394. The number of rotatable bonds is 5. The molecule has 144 valence electrons. The summed E-state index contributed by atoms with van der Waals surface area (Å²) in [5, 5.41) is 3.99. The molecule has 28 heavy (non-hydrogen) atoms. The largest absolute Gasteiger partial charge is 0.445 e. The fourth-order valence-electron chi connectivity index (χ4n) is 3.86. The van der Waals surface area contributed by atoms with E-state index in [-0.39, 0.29) is 24.3 Å². The summed E-state index contributed by atoms with van der Waals surface area (Å²) in [6.07, 6.45) is 2.73. The molecule has 5 nitrogen and oxygen atoms in total. The van der Waals surface area contributed by atoms with Crippen LogP contribution in [0.15, 0.2) is 60.7 Å². The van der Waals surface area contributed by atoms with E-state index in [2.05, 4.69) is 10.3 Å². The number of amides is 1. The van der Waals surface area contributed by atoms with Gasteiger partial charge in [0.15, 0.2) is 5.78 Å². The van der Waals surface area contributed by atoms with E-state index in [4.69, 9.17) is 4.74 Å². The number of carbonyl (C=O) groups is 2. The first kappa shape index (κ1) is 18.3. The lowest BCUT2D eigenvalue weighted by Gasteiger charge is -2.27. The van der Waals surface area contributed by atoms with Crippen LogP contribution in [0.5, 0.6) is 0 Å². The molecule has 0 aliphatic heterocycles. The number of para-hydroxylation sites is 1. The normalized spacial score (nSPS) is 19.3. The van der Waals surface area contributed by atoms with Crippen molar-refractivity contribution in [2.24, 2.45) is 5.92 Å². The Balaban J connectivity index is 1.26. The second-order valence-corrected chi connectivity index (χ2v) is 7.39. The molecule has 0 spiro atoms. The van der Waals surface area contributed by atoms with E-state index in [1.54, 1.807) is 0 Å². The number of Topliss-reactive ketones (excluding diaryl/α,β-unsaturated/α-hetero) is 1. The molecule has 0 bridgehead atoms. The number of aromatic amines is 1. The number of hydrogen-bond acceptors (Lipinski definition) is 3. The second-order valence-electron chi connectivity index (χ2n) is 7.39. The van der Waals surface area contributed by atoms with Gasteiger partial charge in [-0.05, 0) is 43.4 Å². The maximum absolute atomic E-state index is 12.8. The molecule has 4 rings (SSSR count). The molecule has 1 fully saturated rings. The van der Waals surface area contributed by atoms with Crippen LogP contribution in [0.3, 0.4) is 0 Å². The Labute approximate surface area is 164 Å². The first-order valence-corrected chi connectivity index (χ1v) is 9.78. The van der Waals surface area contributed by atoms with Gasteiger partial charge in [-0.1, -0.05) is 48.5 Å². The Kier molecular flexibility index (Phi) is 5.42. The quantitative estimate of drug-likeness (QED) is 0.626. The highest BCUT2D eigenvalue weighted by Gasteiger charge is 2.28. The summed E-state index contributed by atoms with van der Waals surface area (Å²) in [5.41, 5.74) is 2.63. The number of H-pyrrole nitrogens is 1. The molecular weight excluding hydrogens is 352 g/mol. The van der Waals surface area contributed by atoms with E-state index >= 15 is 0 Å². The molecular formula is C23H24N2O3. The zero-order valence-corrected chi connectivity index (χ0v) is 15.7. The number of fused-ring (bicyclic) bond motifs is 1. The number of carbonyl (C=O) groups excluding carboxylic acids is 2. The first-order chi connectivity index (χ1) is 13.7. The monoisotopic (exact) mass is 376 g/mol. The number of alkyl carbamates (subject to hydrolysis) is 1. The van der Waals surface area contributed by atoms with Crippen LogP contribution in [0.1, 0.15) is 41.7 Å². The van der Waals surface area contributed by atoms with E-state index < -0.39 is 6.09 Å². The van der Waals surface area contributed by atoms with Gasteiger partial charge in [0.2, 0.25) is 0 Å². The summed E-state index contributed by atoms with van der Waals surface area (Å²) in [5.74, 6) is 0.174. The Morgan fingerprint density at radius 2 is 1.68 bits per heavy atom. The predicted molar refractivity (Wildman–Crippen MR) is 108 cm³/mol. The highest BCUT2D eigenvalue weighted by Crippen LogP contribution is 2.28. The number of hydrogen-bond donors (Lipinski definition) is 2. The topological polar surface area (TPSA) is 71.2 Å². The molecule has 0 saturated heterocycles. The van der Waals surface area contributed by atoms with Crippen LogP contribution in [-0.2, 0) is 11.3 Å². The Morgan fingerprint density at radius 3 is 2.43 bits per heavy atom. The van der Waals surface area contributed by atoms with E-state index in [0.29, 0.717) is 5.69 Å². The van der Waals surface area contributed by atoms with Crippen molar-refractivity contribution in [2.45, 2.75) is 38.3 Å². The van der Waals surface area contributed by atoms with Crippen molar-refractivity contribution < 1.29 is 14.3 Å². The van der Waals surface area contributed by atoms with Gasteiger partial charge in [0.05, 0.1) is 5.69 Å². The molecule has 1 amide bonds. The molecule has 1 aliphatic carbocycles. The Bertz CT molecular complexity index is 923. The molecule has 3 aromatic rings. The number of ketones is 1. The van der Waals surface area contributed by atoms with Gasteiger partial charge in [-0.25, -0.2) is 4.79 Å². The lowest BCUT2D eigenvalue weighted by Crippen LogP contribution is -2.39. The van der Waals surface area contributed by atoms with Crippen molar-refractivity contribution in [2.75, 3.05) is 0 Å². The minimum Gasteiger partial charge on any atom is -0.445 e. The van der Waals surface area contributed by atoms with Gasteiger partial charge in [-0.3, -0.25) is 4.79 Å². The second kappa shape index (κ2) is 8.30. The maximum Gasteiger partial charge on any atom is 0.407 e. The van der Waals surface area contributed by atoms with E-state index in [1.165, 1.54) is 0 Å². The zero-order chi connectivity index (χ0) is 19.3. The van der Waals surface area contributed by atoms with Gasteiger partial charge in [-0.2, -0.15) is 0 Å². The predicted octanol–water partition coefficient (Wildman–Crippen LogP) is 4.84. The van der Waals surface area contributed by atoms with Crippen LogP contribution in [0.4, 0.5) is 4.79 Å². The highest BCUT2D eigenvalue weighted by molar-refractivity contribution is 6.00. The van der Waals surface area contributed by atoms with Crippen molar-refractivity contribution >= 4 is 22.8 Å². The molecule has 5 heteroatoms. The minimum absolute atomic E-state index is 0.00597. The summed E-state index contributed by atoms with van der Waals surface area (Å²) in [4.78, 5) is 28.1. The van der Waals surface area contributed by atoms with Crippen molar-refractivity contribution in [3.05, 3.63) is 71.9 Å². The van der Waals surface area contributed by atoms with Gasteiger partial charge in [0.25, 0.3) is 0 Å². The zero-order valence-electron chi connectivity index (χ0n) is 15.7. The van der Waals surface area contributed by atoms with Crippen LogP contribution in [0, 0.1) is 5.92 Å². The molecule has 1 saturated carbocycles. The summed E-state index contributed by atoms with van der Waals surface area (Å²) in [6, 6.07) is 19.5. The summed E-state index contributed by atoms with van der Waals surface area (Å²) < 4.78 is 5.29. The van der Waals surface area contributed by atoms with E-state index in [9.17, 15) is 9.59 Å². The van der Waals surface area contributed by atoms with Gasteiger partial charge in [-0.15, -0.1) is 0 Å². The third kappa shape index (κ3) is 4.25. The third-order valence-electron chi connectivity index (χ3n) is 5.43. The summed E-state index contributed by atoms with van der Waals surface area (Å²) in [6.45, 7) is 0.265. The molecule has 1 aliphatic rings. The van der Waals surface area contributed by atoms with Gasteiger partial charge >= 0.3 is 6.09 Å². The number of ether oxygens (including phenoxy) is 1. The number of aromatic nitrogens is 1. The number of nitrogens with one attached hydrogen (secondary N) is 2. The molecule has 0 unspecified atom stereocenters. The third-order valence-corrected chi connectivity index (χ3v) is 5.43. The molecule has 0 radical (unpaired) electrons. The molecule has 1 heterocycles. The van der Waals surface area contributed by atoms with E-state index in [1.807, 2.05) is 60.7 Å². The standard InChI is InChI=1S/C23H24N2O3/c26-22(21-14-18-8-4-5-9-20(18)25-21)17-10-12-19(13-11-17)24-23(27)28-15-16-6-2-1-3-7-16/h1-9,14,17,19,25H,10-13,15H2,(H,24,27). The summed E-state index contributed by atoms with van der Waals surface area (Å²) >= 11 is 0. The van der Waals surface area contributed by atoms with Crippen LogP contribution < -0.4 is 5.32 Å². The molecule has 1 aromatic heterocycles. The highest BCUT2D eigenvalue weighted by atomic mass is 16.5. The molecule has 0 atom stereocenters. The van der Waals surface area contributed by atoms with Gasteiger partial charge in [0.1, 0.15) is 6.61 Å². The SMILES string of the molecule is O=C(NC1CCC(C(=O)c2cc3ccccc3[nH]2)CC1)OCc1ccccc1. The first-order valence-electron chi connectivity index (χ1n) is 9.78. The Hall–Kier alpha value is -3.08. The average molecular weight is 376 g/mol. The van der Waals surface area contributed by atoms with Crippen molar-refractivity contribution in [1.29, 1.82) is 0 Å². The van der Waals surface area contributed by atoms with Crippen molar-refractivity contribution in [3.8, 4) is 0 Å². The van der Waals surface area contributed by atoms with Crippen LogP contribution in [0.25, 0.3) is 10.9 Å². The fourth-order valence-corrected chi connectivity index (χ4v) is 3.86. The fraction of sp³-hybridized carbons (Fsp3) is 0.304. The van der Waals surface area contributed by atoms with Crippen LogP contribution in [0.2, 0.25) is 0 Å². The van der Waals surface area contributed by atoms with Gasteiger partial charge in [0, 0.05) is 22.9 Å². The smallest absolute Gasteiger partial charge is 0.407 e. The van der Waals surface area contributed by atoms with E-state index in [0.717, 1.165) is 42.1 Å². The number of benzene rings is 2. The lowest BCUT2D eigenvalue weighted by molar-refractivity contribution is 0.0871. The van der Waals surface area contributed by atoms with Crippen LogP contribution >= 0.6 is 0 Å². The Morgan fingerprint density at radius 1 is 0.964 bits per heavy atom. The maximum atomic E-state index is 12.8. The average Bonchev–Trinajstić information content (AvgIpc) is 3.17. The van der Waals surface area contributed by atoms with Crippen molar-refractivity contribution in [3.63, 3.8) is 0 Å². The van der Waals surface area contributed by atoms with Gasteiger partial charge < -0.3 is 15.0 Å². The van der Waals surface area contributed by atoms with Crippen molar-refractivity contribution in [1.82, 2.24) is 10.3 Å². The molecule has 2 aromatic carbocycles. The molecule has 2 N–H and O–H groups in total. The van der Waals surface area contributed by atoms with Crippen LogP contribution in [-0.4, -0.2) is 22.9 Å². The lowest BCUT2D eigenvalue weighted by atomic mass is 9.82. The summed E-state index contributed by atoms with van der Waals surface area (Å²) in [7, 11) is 0.